The van der Waals surface area contributed by atoms with Crippen molar-refractivity contribution in [2.24, 2.45) is 25.9 Å². The molecule has 0 bridgehead atoms. The maximum atomic E-state index is 12.8. The predicted molar refractivity (Wildman–Crippen MR) is 205 cm³/mol. The molecule has 0 N–H and O–H groups in total. The summed E-state index contributed by atoms with van der Waals surface area (Å²) in [5, 5.41) is 1.36. The van der Waals surface area contributed by atoms with Gasteiger partial charge in [-0.1, -0.05) is 72.4 Å². The quantitative estimate of drug-likeness (QED) is 0.178. The van der Waals surface area contributed by atoms with Gasteiger partial charge in [0.15, 0.2) is 0 Å². The van der Waals surface area contributed by atoms with Crippen LogP contribution >= 0.6 is 31.9 Å². The Morgan fingerprint density at radius 1 is 0.708 bits per heavy atom. The first-order valence-corrected chi connectivity index (χ1v) is 19.4. The van der Waals surface area contributed by atoms with Crippen LogP contribution in [0.1, 0.15) is 103 Å². The second-order valence-electron chi connectivity index (χ2n) is 14.1. The van der Waals surface area contributed by atoms with E-state index in [1.807, 2.05) is 50.5 Å². The molecule has 2 fully saturated rings. The molecule has 260 valence electrons. The summed E-state index contributed by atoms with van der Waals surface area (Å²) in [6.45, 7) is 13.4. The fourth-order valence-electron chi connectivity index (χ4n) is 7.63. The summed E-state index contributed by atoms with van der Waals surface area (Å²) in [5.41, 5.74) is 1.68. The zero-order chi connectivity index (χ0) is 34.5. The summed E-state index contributed by atoms with van der Waals surface area (Å²) in [4.78, 5) is 40.5. The van der Waals surface area contributed by atoms with E-state index in [2.05, 4.69) is 69.4 Å². The van der Waals surface area contributed by atoms with E-state index in [4.69, 9.17) is 9.97 Å². The lowest BCUT2D eigenvalue weighted by molar-refractivity contribution is 0.115. The summed E-state index contributed by atoms with van der Waals surface area (Å²) in [5.74, 6) is 3.25. The van der Waals surface area contributed by atoms with Crippen LogP contribution in [0.2, 0.25) is 0 Å². The third-order valence-corrected chi connectivity index (χ3v) is 11.1. The molecule has 4 aromatic rings. The number of fused-ring (bicyclic) bond motifs is 2. The Labute approximate surface area is 302 Å². The Morgan fingerprint density at radius 3 is 1.46 bits per heavy atom. The lowest BCUT2D eigenvalue weighted by Crippen LogP contribution is -2.40. The van der Waals surface area contributed by atoms with E-state index in [9.17, 15) is 9.59 Å². The summed E-state index contributed by atoms with van der Waals surface area (Å²) in [6, 6.07) is 12.0. The van der Waals surface area contributed by atoms with Crippen LogP contribution in [0.25, 0.3) is 21.8 Å². The fourth-order valence-corrected chi connectivity index (χ4v) is 8.35. The molecule has 2 saturated heterocycles. The SMILES string of the molecule is CCC[C@@H](c1nc2ccc(Br)cc2c(=O)n1C)N1CCC[C@@H](C)C1.CCC[C@H](c1nc2ccc(Br)cc2c(=O)n1C)N1CCC[C@@H](C)C1. The predicted octanol–water partition coefficient (Wildman–Crippen LogP) is 8.54. The monoisotopic (exact) mass is 782 g/mol. The minimum Gasteiger partial charge on any atom is -0.298 e. The largest absolute Gasteiger partial charge is 0.298 e. The van der Waals surface area contributed by atoms with E-state index < -0.39 is 0 Å². The highest BCUT2D eigenvalue weighted by molar-refractivity contribution is 9.10. The normalized spacial score (nSPS) is 20.4. The summed E-state index contributed by atoms with van der Waals surface area (Å²) in [6.07, 6.45) is 9.31. The van der Waals surface area contributed by atoms with Gasteiger partial charge >= 0.3 is 0 Å². The maximum Gasteiger partial charge on any atom is 0.261 e. The molecule has 4 atom stereocenters. The number of likely N-dealkylation sites (tertiary alicyclic amines) is 2. The molecular weight excluding hydrogens is 732 g/mol. The molecule has 6 rings (SSSR count). The average Bonchev–Trinajstić information content (AvgIpc) is 3.07. The molecule has 0 unspecified atom stereocenters. The van der Waals surface area contributed by atoms with E-state index in [0.29, 0.717) is 22.6 Å². The highest BCUT2D eigenvalue weighted by Crippen LogP contribution is 2.31. The lowest BCUT2D eigenvalue weighted by Gasteiger charge is -2.37. The van der Waals surface area contributed by atoms with Crippen LogP contribution in [-0.4, -0.2) is 55.1 Å². The number of nitrogens with zero attached hydrogens (tertiary/aromatic N) is 6. The standard InChI is InChI=1S/2C19H26BrN3O/c2*1-4-6-17(23-10-5-7-13(2)12-23)18-21-16-9-8-14(20)11-15(16)19(24)22(18)3/h2*8-9,11,13,17H,4-7,10,12H2,1-3H3/t13-,17+;13-,17-/m11/s1. The van der Waals surface area contributed by atoms with E-state index in [1.54, 1.807) is 9.13 Å². The molecule has 2 aromatic carbocycles. The second-order valence-corrected chi connectivity index (χ2v) is 15.9. The van der Waals surface area contributed by atoms with Gasteiger partial charge in [0, 0.05) is 36.1 Å². The molecule has 2 aliphatic rings. The topological polar surface area (TPSA) is 76.3 Å². The fraction of sp³-hybridized carbons (Fsp3) is 0.579. The molecule has 2 aliphatic heterocycles. The third kappa shape index (κ3) is 8.31. The Balaban J connectivity index is 0.000000188. The van der Waals surface area contributed by atoms with Gasteiger partial charge in [0.2, 0.25) is 0 Å². The number of piperidine rings is 2. The van der Waals surface area contributed by atoms with E-state index in [1.165, 1.54) is 25.7 Å². The van der Waals surface area contributed by atoms with Crippen molar-refractivity contribution in [1.82, 2.24) is 28.9 Å². The molecule has 4 heterocycles. The highest BCUT2D eigenvalue weighted by atomic mass is 79.9. The first-order chi connectivity index (χ1) is 23.0. The Hall–Kier alpha value is -2.40. The number of benzene rings is 2. The highest BCUT2D eigenvalue weighted by Gasteiger charge is 2.29. The minimum absolute atomic E-state index is 0.0439. The lowest BCUT2D eigenvalue weighted by atomic mass is 9.97. The number of halogens is 2. The van der Waals surface area contributed by atoms with Gasteiger partial charge in [-0.3, -0.25) is 28.5 Å². The first-order valence-electron chi connectivity index (χ1n) is 17.8. The summed E-state index contributed by atoms with van der Waals surface area (Å²) >= 11 is 6.90. The number of hydrogen-bond donors (Lipinski definition) is 0. The van der Waals surface area contributed by atoms with Gasteiger partial charge in [-0.2, -0.15) is 0 Å². The van der Waals surface area contributed by atoms with Crippen molar-refractivity contribution in [1.29, 1.82) is 0 Å². The molecule has 10 heteroatoms. The maximum absolute atomic E-state index is 12.8. The van der Waals surface area contributed by atoms with Crippen molar-refractivity contribution in [3.63, 3.8) is 0 Å². The number of rotatable bonds is 8. The Morgan fingerprint density at radius 2 is 1.10 bits per heavy atom. The van der Waals surface area contributed by atoms with Crippen molar-refractivity contribution in [2.45, 2.75) is 91.1 Å². The van der Waals surface area contributed by atoms with Crippen molar-refractivity contribution in [3.05, 3.63) is 77.7 Å². The van der Waals surface area contributed by atoms with Gasteiger partial charge in [-0.15, -0.1) is 0 Å². The minimum atomic E-state index is 0.0439. The molecule has 8 nitrogen and oxygen atoms in total. The van der Waals surface area contributed by atoms with Gasteiger partial charge < -0.3 is 0 Å². The molecule has 0 saturated carbocycles. The van der Waals surface area contributed by atoms with Crippen LogP contribution in [0.5, 0.6) is 0 Å². The van der Waals surface area contributed by atoms with Gasteiger partial charge in [0.05, 0.1) is 33.9 Å². The van der Waals surface area contributed by atoms with Gasteiger partial charge in [-0.25, -0.2) is 9.97 Å². The van der Waals surface area contributed by atoms with E-state index in [0.717, 1.165) is 83.5 Å². The molecule has 0 amide bonds. The molecule has 48 heavy (non-hydrogen) atoms. The van der Waals surface area contributed by atoms with Crippen LogP contribution in [0, 0.1) is 11.8 Å². The van der Waals surface area contributed by atoms with Crippen molar-refractivity contribution in [3.8, 4) is 0 Å². The molecule has 2 aromatic heterocycles. The number of hydrogen-bond acceptors (Lipinski definition) is 6. The van der Waals surface area contributed by atoms with Crippen LogP contribution < -0.4 is 11.1 Å². The van der Waals surface area contributed by atoms with Gasteiger partial charge in [-0.05, 0) is 99.8 Å². The van der Waals surface area contributed by atoms with Crippen LogP contribution in [-0.2, 0) is 14.1 Å². The van der Waals surface area contributed by atoms with Crippen LogP contribution in [0.15, 0.2) is 54.9 Å². The third-order valence-electron chi connectivity index (χ3n) is 10.1. The molecule has 0 aliphatic carbocycles. The van der Waals surface area contributed by atoms with Gasteiger partial charge in [0.25, 0.3) is 11.1 Å². The Bertz CT molecular complexity index is 1710. The van der Waals surface area contributed by atoms with Crippen molar-refractivity contribution < 1.29 is 0 Å². The van der Waals surface area contributed by atoms with E-state index in [-0.39, 0.29) is 23.2 Å². The van der Waals surface area contributed by atoms with Crippen LogP contribution in [0.4, 0.5) is 0 Å². The molecule has 0 radical (unpaired) electrons. The average molecular weight is 785 g/mol. The van der Waals surface area contributed by atoms with Crippen molar-refractivity contribution >= 4 is 53.7 Å². The second kappa shape index (κ2) is 16.5. The smallest absolute Gasteiger partial charge is 0.261 e. The first kappa shape index (κ1) is 36.9. The molecular formula is C38H52Br2N6O2. The summed E-state index contributed by atoms with van der Waals surface area (Å²) in [7, 11) is 3.72. The molecule has 0 spiro atoms. The summed E-state index contributed by atoms with van der Waals surface area (Å²) < 4.78 is 5.34. The van der Waals surface area contributed by atoms with E-state index >= 15 is 0 Å². The van der Waals surface area contributed by atoms with Crippen LogP contribution in [0.3, 0.4) is 0 Å². The van der Waals surface area contributed by atoms with Crippen molar-refractivity contribution in [2.75, 3.05) is 26.2 Å². The van der Waals surface area contributed by atoms with Gasteiger partial charge in [0.1, 0.15) is 11.6 Å². The number of aromatic nitrogens is 4. The zero-order valence-electron chi connectivity index (χ0n) is 29.5. The Kier molecular flexibility index (Phi) is 12.7. The zero-order valence-corrected chi connectivity index (χ0v) is 32.7.